The first-order valence-electron chi connectivity index (χ1n) is 8.43. The molecule has 26 heavy (non-hydrogen) atoms. The lowest BCUT2D eigenvalue weighted by molar-refractivity contribution is -0.139. The highest BCUT2D eigenvalue weighted by atomic mass is 16.5. The van der Waals surface area contributed by atoms with Crippen LogP contribution in [0.1, 0.15) is 22.9 Å². The number of nitrogens with one attached hydrogen (secondary N) is 2. The number of ether oxygens (including phenoxy) is 2. The molecule has 3 N–H and O–H groups in total. The fourth-order valence-corrected chi connectivity index (χ4v) is 3.78. The van der Waals surface area contributed by atoms with Crippen LogP contribution in [0.15, 0.2) is 42.5 Å². The zero-order valence-corrected chi connectivity index (χ0v) is 14.6. The Balaban J connectivity index is 1.93. The van der Waals surface area contributed by atoms with Crippen molar-refractivity contribution in [2.75, 3.05) is 14.2 Å². The molecule has 0 saturated heterocycles. The van der Waals surface area contributed by atoms with Gasteiger partial charge in [0.25, 0.3) is 0 Å². The maximum absolute atomic E-state index is 11.7. The molecule has 6 heteroatoms. The standard InChI is InChI=1S/C20H20N2O4/c1-25-16-9-5-7-12(19(16)26-2)17-18-13(10-15(22-17)20(23)24)11-6-3-4-8-14(11)21-18/h3-9,15,17,21-22H,10H2,1-2H3,(H,23,24)/t15-,17+/m1/s1. The number of hydrogen-bond acceptors (Lipinski definition) is 4. The molecule has 1 aliphatic rings. The van der Waals surface area contributed by atoms with Crippen LogP contribution in [-0.2, 0) is 11.2 Å². The zero-order chi connectivity index (χ0) is 18.3. The lowest BCUT2D eigenvalue weighted by Crippen LogP contribution is -2.45. The molecular formula is C20H20N2O4. The van der Waals surface area contributed by atoms with Gasteiger partial charge >= 0.3 is 5.97 Å². The lowest BCUT2D eigenvalue weighted by Gasteiger charge is -2.30. The topological polar surface area (TPSA) is 83.6 Å². The summed E-state index contributed by atoms with van der Waals surface area (Å²) in [6.45, 7) is 0. The molecule has 3 aromatic rings. The maximum Gasteiger partial charge on any atom is 0.321 e. The van der Waals surface area contributed by atoms with Crippen LogP contribution in [0.3, 0.4) is 0 Å². The van der Waals surface area contributed by atoms with Gasteiger partial charge in [-0.3, -0.25) is 10.1 Å². The number of H-pyrrole nitrogens is 1. The van der Waals surface area contributed by atoms with Gasteiger partial charge in [-0.2, -0.15) is 0 Å². The van der Waals surface area contributed by atoms with Crippen molar-refractivity contribution in [3.05, 3.63) is 59.3 Å². The summed E-state index contributed by atoms with van der Waals surface area (Å²) in [6, 6.07) is 12.6. The Kier molecular flexibility index (Phi) is 4.05. The quantitative estimate of drug-likeness (QED) is 0.672. The Morgan fingerprint density at radius 1 is 1.12 bits per heavy atom. The maximum atomic E-state index is 11.7. The summed E-state index contributed by atoms with van der Waals surface area (Å²) < 4.78 is 11.0. The molecule has 0 aliphatic carbocycles. The van der Waals surface area contributed by atoms with E-state index in [2.05, 4.69) is 10.3 Å². The molecule has 2 aromatic carbocycles. The molecule has 6 nitrogen and oxygen atoms in total. The van der Waals surface area contributed by atoms with Crippen molar-refractivity contribution in [1.82, 2.24) is 10.3 Å². The third kappa shape index (κ3) is 2.50. The molecule has 0 fully saturated rings. The fourth-order valence-electron chi connectivity index (χ4n) is 3.78. The van der Waals surface area contributed by atoms with Crippen molar-refractivity contribution in [1.29, 1.82) is 0 Å². The summed E-state index contributed by atoms with van der Waals surface area (Å²) in [5, 5.41) is 13.9. The Morgan fingerprint density at radius 3 is 2.65 bits per heavy atom. The molecule has 0 amide bonds. The number of hydrogen-bond donors (Lipinski definition) is 3. The van der Waals surface area contributed by atoms with Crippen molar-refractivity contribution in [3.8, 4) is 11.5 Å². The molecule has 0 bridgehead atoms. The Hall–Kier alpha value is -2.99. The number of carboxylic acid groups (broad SMARTS) is 1. The number of benzene rings is 2. The van der Waals surface area contributed by atoms with Crippen LogP contribution in [0.4, 0.5) is 0 Å². The van der Waals surface area contributed by atoms with E-state index in [1.807, 2.05) is 42.5 Å². The minimum absolute atomic E-state index is 0.336. The number of rotatable bonds is 4. The van der Waals surface area contributed by atoms with E-state index < -0.39 is 12.0 Å². The third-order valence-electron chi connectivity index (χ3n) is 4.95. The number of methoxy groups -OCH3 is 2. The van der Waals surface area contributed by atoms with Crippen LogP contribution in [-0.4, -0.2) is 36.3 Å². The van der Waals surface area contributed by atoms with E-state index >= 15 is 0 Å². The van der Waals surface area contributed by atoms with Gasteiger partial charge in [0, 0.05) is 28.6 Å². The Morgan fingerprint density at radius 2 is 1.92 bits per heavy atom. The van der Waals surface area contributed by atoms with Gasteiger partial charge in [0.2, 0.25) is 0 Å². The second-order valence-corrected chi connectivity index (χ2v) is 6.34. The summed E-state index contributed by atoms with van der Waals surface area (Å²) in [5.74, 6) is 0.345. The third-order valence-corrected chi connectivity index (χ3v) is 4.95. The number of aliphatic carboxylic acids is 1. The lowest BCUT2D eigenvalue weighted by atomic mass is 9.90. The molecule has 1 aliphatic heterocycles. The van der Waals surface area contributed by atoms with Crippen molar-refractivity contribution in [2.24, 2.45) is 0 Å². The van der Waals surface area contributed by atoms with Crippen molar-refractivity contribution < 1.29 is 19.4 Å². The highest BCUT2D eigenvalue weighted by Crippen LogP contribution is 2.41. The number of carboxylic acids is 1. The van der Waals surface area contributed by atoms with Gasteiger partial charge < -0.3 is 19.6 Å². The smallest absolute Gasteiger partial charge is 0.321 e. The van der Waals surface area contributed by atoms with Crippen LogP contribution in [0.5, 0.6) is 11.5 Å². The van der Waals surface area contributed by atoms with Crippen LogP contribution in [0, 0.1) is 0 Å². The first-order chi connectivity index (χ1) is 12.6. The number of carbonyl (C=O) groups is 1. The van der Waals surface area contributed by atoms with E-state index in [9.17, 15) is 9.90 Å². The molecular weight excluding hydrogens is 332 g/mol. The van der Waals surface area contributed by atoms with E-state index in [1.54, 1.807) is 14.2 Å². The summed E-state index contributed by atoms with van der Waals surface area (Å²) in [5.41, 5.74) is 3.83. The minimum Gasteiger partial charge on any atom is -0.493 e. The highest BCUT2D eigenvalue weighted by molar-refractivity contribution is 5.87. The number of para-hydroxylation sites is 2. The number of aromatic nitrogens is 1. The van der Waals surface area contributed by atoms with Crippen molar-refractivity contribution in [3.63, 3.8) is 0 Å². The van der Waals surface area contributed by atoms with E-state index in [-0.39, 0.29) is 6.04 Å². The molecule has 2 heterocycles. The predicted molar refractivity (Wildman–Crippen MR) is 98.0 cm³/mol. The van der Waals surface area contributed by atoms with Crippen LogP contribution < -0.4 is 14.8 Å². The van der Waals surface area contributed by atoms with E-state index in [1.165, 1.54) is 0 Å². The van der Waals surface area contributed by atoms with E-state index in [0.29, 0.717) is 17.9 Å². The number of fused-ring (bicyclic) bond motifs is 3. The second kappa shape index (κ2) is 6.38. The van der Waals surface area contributed by atoms with Crippen molar-refractivity contribution in [2.45, 2.75) is 18.5 Å². The number of aromatic amines is 1. The normalized spacial score (nSPS) is 19.2. The van der Waals surface area contributed by atoms with Gasteiger partial charge in [0.1, 0.15) is 6.04 Å². The molecule has 134 valence electrons. The van der Waals surface area contributed by atoms with Gasteiger partial charge in [-0.05, 0) is 17.7 Å². The van der Waals surface area contributed by atoms with Gasteiger partial charge in [-0.1, -0.05) is 30.3 Å². The van der Waals surface area contributed by atoms with Crippen LogP contribution in [0.25, 0.3) is 10.9 Å². The van der Waals surface area contributed by atoms with Crippen molar-refractivity contribution >= 4 is 16.9 Å². The van der Waals surface area contributed by atoms with Crippen LogP contribution >= 0.6 is 0 Å². The Bertz CT molecular complexity index is 979. The van der Waals surface area contributed by atoms with E-state index in [4.69, 9.17) is 9.47 Å². The molecule has 4 rings (SSSR count). The summed E-state index contributed by atoms with van der Waals surface area (Å²) in [6.07, 6.45) is 0.428. The van der Waals surface area contributed by atoms with Crippen LogP contribution in [0.2, 0.25) is 0 Å². The average Bonchev–Trinajstić information content (AvgIpc) is 3.05. The predicted octanol–water partition coefficient (Wildman–Crippen LogP) is 2.87. The van der Waals surface area contributed by atoms with Gasteiger partial charge in [-0.15, -0.1) is 0 Å². The minimum atomic E-state index is -0.868. The van der Waals surface area contributed by atoms with Gasteiger partial charge in [0.15, 0.2) is 11.5 Å². The molecule has 0 spiro atoms. The average molecular weight is 352 g/mol. The first-order valence-corrected chi connectivity index (χ1v) is 8.43. The highest BCUT2D eigenvalue weighted by Gasteiger charge is 2.35. The summed E-state index contributed by atoms with van der Waals surface area (Å²) in [7, 11) is 3.18. The van der Waals surface area contributed by atoms with Gasteiger partial charge in [-0.25, -0.2) is 0 Å². The zero-order valence-electron chi connectivity index (χ0n) is 14.6. The molecule has 2 atom stereocenters. The SMILES string of the molecule is COc1cccc([C@@H]2N[C@@H](C(=O)O)Cc3c2[nH]c2ccccc32)c1OC. The second-order valence-electron chi connectivity index (χ2n) is 6.34. The Labute approximate surface area is 150 Å². The molecule has 1 aromatic heterocycles. The van der Waals surface area contributed by atoms with Gasteiger partial charge in [0.05, 0.1) is 20.3 Å². The summed E-state index contributed by atoms with van der Waals surface area (Å²) >= 11 is 0. The molecule has 0 radical (unpaired) electrons. The summed E-state index contributed by atoms with van der Waals surface area (Å²) in [4.78, 5) is 15.2. The molecule has 0 saturated carbocycles. The monoisotopic (exact) mass is 352 g/mol. The largest absolute Gasteiger partial charge is 0.493 e. The first kappa shape index (κ1) is 16.5. The molecule has 0 unspecified atom stereocenters. The van der Waals surface area contributed by atoms with E-state index in [0.717, 1.165) is 27.7 Å². The fraction of sp³-hybridized carbons (Fsp3) is 0.250.